The molecule has 1 aromatic carbocycles. The predicted molar refractivity (Wildman–Crippen MR) is 60.9 cm³/mol. The minimum Gasteiger partial charge on any atom is -0.472 e. The summed E-state index contributed by atoms with van der Waals surface area (Å²) in [5, 5.41) is 0.712. The van der Waals surface area contributed by atoms with Crippen LogP contribution in [0.4, 0.5) is 0 Å². The van der Waals surface area contributed by atoms with Gasteiger partial charge < -0.3 is 10.2 Å². The van der Waals surface area contributed by atoms with E-state index in [4.69, 9.17) is 21.8 Å². The third-order valence-corrected chi connectivity index (χ3v) is 2.54. The summed E-state index contributed by atoms with van der Waals surface area (Å²) < 4.78 is 5.00. The standard InChI is InChI=1S/C12H12ClNO/c1-8-4-10(6-11(13)5-8)12(14)9-2-3-15-7-9/h2-7,12H,14H2,1H3. The third kappa shape index (κ3) is 2.22. The molecule has 3 heteroatoms. The van der Waals surface area contributed by atoms with Gasteiger partial charge in [-0.25, -0.2) is 0 Å². The number of furan rings is 1. The van der Waals surface area contributed by atoms with Gasteiger partial charge in [-0.1, -0.05) is 17.7 Å². The molecule has 1 heterocycles. The van der Waals surface area contributed by atoms with E-state index in [0.717, 1.165) is 16.7 Å². The zero-order chi connectivity index (χ0) is 10.8. The van der Waals surface area contributed by atoms with Crippen molar-refractivity contribution in [2.45, 2.75) is 13.0 Å². The van der Waals surface area contributed by atoms with E-state index >= 15 is 0 Å². The summed E-state index contributed by atoms with van der Waals surface area (Å²) in [4.78, 5) is 0. The summed E-state index contributed by atoms with van der Waals surface area (Å²) >= 11 is 5.98. The maximum absolute atomic E-state index is 6.08. The Morgan fingerprint density at radius 1 is 1.27 bits per heavy atom. The zero-order valence-electron chi connectivity index (χ0n) is 8.41. The first kappa shape index (κ1) is 10.3. The lowest BCUT2D eigenvalue weighted by Gasteiger charge is -2.11. The molecule has 1 unspecified atom stereocenters. The molecule has 0 saturated heterocycles. The van der Waals surface area contributed by atoms with Gasteiger partial charge in [-0.3, -0.25) is 0 Å². The summed E-state index contributed by atoms with van der Waals surface area (Å²) in [5.41, 5.74) is 9.14. The first-order valence-corrected chi connectivity index (χ1v) is 5.09. The topological polar surface area (TPSA) is 39.2 Å². The van der Waals surface area contributed by atoms with Crippen LogP contribution in [0.1, 0.15) is 22.7 Å². The van der Waals surface area contributed by atoms with Gasteiger partial charge in [-0.15, -0.1) is 0 Å². The van der Waals surface area contributed by atoms with E-state index in [1.807, 2.05) is 31.2 Å². The summed E-state index contributed by atoms with van der Waals surface area (Å²) in [6.07, 6.45) is 3.27. The molecule has 0 bridgehead atoms. The van der Waals surface area contributed by atoms with E-state index in [1.54, 1.807) is 12.5 Å². The van der Waals surface area contributed by atoms with Gasteiger partial charge >= 0.3 is 0 Å². The highest BCUT2D eigenvalue weighted by atomic mass is 35.5. The maximum atomic E-state index is 6.08. The van der Waals surface area contributed by atoms with Crippen molar-refractivity contribution >= 4 is 11.6 Å². The molecule has 15 heavy (non-hydrogen) atoms. The highest BCUT2D eigenvalue weighted by Gasteiger charge is 2.10. The number of nitrogens with two attached hydrogens (primary N) is 1. The van der Waals surface area contributed by atoms with Crippen LogP contribution in [0.5, 0.6) is 0 Å². The van der Waals surface area contributed by atoms with Crippen LogP contribution in [0.15, 0.2) is 41.2 Å². The highest BCUT2D eigenvalue weighted by molar-refractivity contribution is 6.30. The second-order valence-electron chi connectivity index (χ2n) is 3.60. The Labute approximate surface area is 93.7 Å². The lowest BCUT2D eigenvalue weighted by atomic mass is 10.0. The van der Waals surface area contributed by atoms with E-state index < -0.39 is 0 Å². The second-order valence-corrected chi connectivity index (χ2v) is 4.03. The molecule has 0 fully saturated rings. The van der Waals surface area contributed by atoms with E-state index in [2.05, 4.69) is 0 Å². The molecule has 0 spiro atoms. The Hall–Kier alpha value is -1.25. The van der Waals surface area contributed by atoms with Gasteiger partial charge in [0.05, 0.1) is 18.6 Å². The Bertz CT molecular complexity index is 430. The van der Waals surface area contributed by atoms with Crippen molar-refractivity contribution in [3.05, 3.63) is 58.5 Å². The van der Waals surface area contributed by atoms with Crippen LogP contribution in [0, 0.1) is 6.92 Å². The highest BCUT2D eigenvalue weighted by Crippen LogP contribution is 2.24. The van der Waals surface area contributed by atoms with E-state index in [9.17, 15) is 0 Å². The first-order chi connectivity index (χ1) is 7.16. The molecule has 2 nitrogen and oxygen atoms in total. The van der Waals surface area contributed by atoms with Gasteiger partial charge in [-0.2, -0.15) is 0 Å². The van der Waals surface area contributed by atoms with Crippen molar-refractivity contribution in [1.82, 2.24) is 0 Å². The van der Waals surface area contributed by atoms with Crippen molar-refractivity contribution in [2.75, 3.05) is 0 Å². The largest absolute Gasteiger partial charge is 0.472 e. The molecule has 2 N–H and O–H groups in total. The van der Waals surface area contributed by atoms with E-state index in [1.165, 1.54) is 0 Å². The molecule has 0 saturated carbocycles. The van der Waals surface area contributed by atoms with Gasteiger partial charge in [0.1, 0.15) is 0 Å². The molecular weight excluding hydrogens is 210 g/mol. The average molecular weight is 222 g/mol. The normalized spacial score (nSPS) is 12.7. The summed E-state index contributed by atoms with van der Waals surface area (Å²) in [6.45, 7) is 2.00. The van der Waals surface area contributed by atoms with Crippen LogP contribution < -0.4 is 5.73 Å². The lowest BCUT2D eigenvalue weighted by molar-refractivity contribution is 0.562. The fraction of sp³-hybridized carbons (Fsp3) is 0.167. The van der Waals surface area contributed by atoms with Crippen LogP contribution in [0.2, 0.25) is 5.02 Å². The van der Waals surface area contributed by atoms with Crippen molar-refractivity contribution in [3.63, 3.8) is 0 Å². The zero-order valence-corrected chi connectivity index (χ0v) is 9.16. The molecule has 0 aliphatic rings. The van der Waals surface area contributed by atoms with E-state index in [0.29, 0.717) is 5.02 Å². The molecule has 0 aliphatic carbocycles. The smallest absolute Gasteiger partial charge is 0.0953 e. The molecule has 78 valence electrons. The number of hydrogen-bond donors (Lipinski definition) is 1. The van der Waals surface area contributed by atoms with Gasteiger partial charge in [0.15, 0.2) is 0 Å². The second kappa shape index (κ2) is 4.09. The molecule has 2 aromatic rings. The SMILES string of the molecule is Cc1cc(Cl)cc(C(N)c2ccoc2)c1. The maximum Gasteiger partial charge on any atom is 0.0953 e. The summed E-state index contributed by atoms with van der Waals surface area (Å²) in [5.74, 6) is 0. The van der Waals surface area contributed by atoms with Crippen molar-refractivity contribution in [3.8, 4) is 0 Å². The van der Waals surface area contributed by atoms with Gasteiger partial charge in [0.25, 0.3) is 0 Å². The number of hydrogen-bond acceptors (Lipinski definition) is 2. The molecule has 2 rings (SSSR count). The van der Waals surface area contributed by atoms with Crippen LogP contribution in [0.3, 0.4) is 0 Å². The minimum absolute atomic E-state index is 0.179. The molecular formula is C12H12ClNO. The fourth-order valence-electron chi connectivity index (χ4n) is 1.59. The minimum atomic E-state index is -0.179. The van der Waals surface area contributed by atoms with Gasteiger partial charge in [-0.05, 0) is 36.2 Å². The average Bonchev–Trinajstić information content (AvgIpc) is 2.67. The van der Waals surface area contributed by atoms with Crippen molar-refractivity contribution in [1.29, 1.82) is 0 Å². The predicted octanol–water partition coefficient (Wildman–Crippen LogP) is 3.29. The quantitative estimate of drug-likeness (QED) is 0.845. The molecule has 0 radical (unpaired) electrons. The number of aryl methyl sites for hydroxylation is 1. The Balaban J connectivity index is 2.37. The third-order valence-electron chi connectivity index (χ3n) is 2.33. The van der Waals surface area contributed by atoms with Crippen LogP contribution in [-0.2, 0) is 0 Å². The summed E-state index contributed by atoms with van der Waals surface area (Å²) in [6, 6.07) is 7.50. The number of rotatable bonds is 2. The molecule has 0 amide bonds. The molecule has 1 aromatic heterocycles. The summed E-state index contributed by atoms with van der Waals surface area (Å²) in [7, 11) is 0. The Morgan fingerprint density at radius 3 is 2.67 bits per heavy atom. The Kier molecular flexibility index (Phi) is 2.80. The van der Waals surface area contributed by atoms with Crippen LogP contribution in [0.25, 0.3) is 0 Å². The number of benzene rings is 1. The molecule has 1 atom stereocenters. The van der Waals surface area contributed by atoms with Crippen LogP contribution in [-0.4, -0.2) is 0 Å². The van der Waals surface area contributed by atoms with Gasteiger partial charge in [0, 0.05) is 10.6 Å². The fourth-order valence-corrected chi connectivity index (χ4v) is 1.89. The van der Waals surface area contributed by atoms with Gasteiger partial charge in [0.2, 0.25) is 0 Å². The monoisotopic (exact) mass is 221 g/mol. The lowest BCUT2D eigenvalue weighted by Crippen LogP contribution is -2.10. The van der Waals surface area contributed by atoms with E-state index in [-0.39, 0.29) is 6.04 Å². The van der Waals surface area contributed by atoms with Crippen molar-refractivity contribution in [2.24, 2.45) is 5.73 Å². The van der Waals surface area contributed by atoms with Crippen LogP contribution >= 0.6 is 11.6 Å². The number of halogens is 1. The Morgan fingerprint density at radius 2 is 2.07 bits per heavy atom. The first-order valence-electron chi connectivity index (χ1n) is 4.71. The molecule has 0 aliphatic heterocycles. The van der Waals surface area contributed by atoms with Crippen molar-refractivity contribution < 1.29 is 4.42 Å².